The molecule has 1 saturated carbocycles. The van der Waals surface area contributed by atoms with E-state index in [2.05, 4.69) is 36.3 Å². The molecular formula is C16H26N2O. The highest BCUT2D eigenvalue weighted by Gasteiger charge is 2.25. The number of nitrogens with one attached hydrogen (secondary N) is 1. The van der Waals surface area contributed by atoms with Gasteiger partial charge in [0.2, 0.25) is 0 Å². The van der Waals surface area contributed by atoms with Crippen molar-refractivity contribution < 1.29 is 4.74 Å². The molecule has 0 bridgehead atoms. The van der Waals surface area contributed by atoms with Crippen LogP contribution in [0, 0.1) is 5.41 Å². The lowest BCUT2D eigenvalue weighted by atomic mass is 9.95. The highest BCUT2D eigenvalue weighted by Crippen LogP contribution is 2.22. The van der Waals surface area contributed by atoms with Crippen molar-refractivity contribution in [3.8, 4) is 0 Å². The van der Waals surface area contributed by atoms with Crippen LogP contribution in [0.5, 0.6) is 0 Å². The molecule has 1 N–H and O–H groups in total. The van der Waals surface area contributed by atoms with E-state index in [1.165, 1.54) is 18.4 Å². The average molecular weight is 262 g/mol. The van der Waals surface area contributed by atoms with Gasteiger partial charge in [-0.25, -0.2) is 0 Å². The molecule has 1 fully saturated rings. The van der Waals surface area contributed by atoms with Crippen LogP contribution in [0.4, 0.5) is 0 Å². The molecule has 3 heteroatoms. The molecule has 0 unspecified atom stereocenters. The summed E-state index contributed by atoms with van der Waals surface area (Å²) in [4.78, 5) is 4.02. The highest BCUT2D eigenvalue weighted by molar-refractivity contribution is 5.09. The van der Waals surface area contributed by atoms with Crippen molar-refractivity contribution in [2.45, 2.75) is 45.6 Å². The quantitative estimate of drug-likeness (QED) is 0.695. The Morgan fingerprint density at radius 1 is 1.32 bits per heavy atom. The van der Waals surface area contributed by atoms with Crippen molar-refractivity contribution in [2.75, 3.05) is 19.8 Å². The maximum Gasteiger partial charge on any atom is 0.0529 e. The number of pyridine rings is 1. The Balaban J connectivity index is 1.53. The fraction of sp³-hybridized carbons (Fsp3) is 0.688. The van der Waals surface area contributed by atoms with E-state index >= 15 is 0 Å². The summed E-state index contributed by atoms with van der Waals surface area (Å²) in [6, 6.07) is 4.93. The topological polar surface area (TPSA) is 34.1 Å². The first-order valence-corrected chi connectivity index (χ1v) is 7.36. The minimum atomic E-state index is 0.235. The van der Waals surface area contributed by atoms with Crippen molar-refractivity contribution in [1.82, 2.24) is 10.3 Å². The van der Waals surface area contributed by atoms with Gasteiger partial charge in [-0.15, -0.1) is 0 Å². The Labute approximate surface area is 116 Å². The second-order valence-corrected chi connectivity index (χ2v) is 6.33. The molecule has 1 heterocycles. The summed E-state index contributed by atoms with van der Waals surface area (Å²) in [5.74, 6) is 0. The predicted molar refractivity (Wildman–Crippen MR) is 78.2 cm³/mol. The molecule has 2 rings (SSSR count). The van der Waals surface area contributed by atoms with E-state index in [9.17, 15) is 0 Å². The summed E-state index contributed by atoms with van der Waals surface area (Å²) >= 11 is 0. The first-order valence-electron chi connectivity index (χ1n) is 7.36. The Morgan fingerprint density at radius 2 is 2.05 bits per heavy atom. The first kappa shape index (κ1) is 14.5. The standard InChI is InChI=1S/C16H26N2O/c1-16(2,12-18-15-5-6-15)13-19-11-3-4-14-7-9-17-10-8-14/h7-10,15,18H,3-6,11-13H2,1-2H3. The van der Waals surface area contributed by atoms with Crippen molar-refractivity contribution in [1.29, 1.82) is 0 Å². The number of aryl methyl sites for hydroxylation is 1. The van der Waals surface area contributed by atoms with Gasteiger partial charge in [-0.05, 0) is 43.4 Å². The number of hydrogen-bond acceptors (Lipinski definition) is 3. The van der Waals surface area contributed by atoms with Crippen LogP contribution >= 0.6 is 0 Å². The van der Waals surface area contributed by atoms with E-state index in [1.54, 1.807) is 0 Å². The molecule has 0 atom stereocenters. The number of rotatable bonds is 9. The predicted octanol–water partition coefficient (Wildman–Crippen LogP) is 2.81. The molecule has 106 valence electrons. The molecule has 1 aliphatic carbocycles. The summed E-state index contributed by atoms with van der Waals surface area (Å²) in [5, 5.41) is 3.58. The molecule has 0 aromatic carbocycles. The highest BCUT2D eigenvalue weighted by atomic mass is 16.5. The molecule has 0 saturated heterocycles. The summed E-state index contributed by atoms with van der Waals surface area (Å²) < 4.78 is 5.82. The van der Waals surface area contributed by atoms with Crippen LogP contribution in [0.2, 0.25) is 0 Å². The lowest BCUT2D eigenvalue weighted by Gasteiger charge is -2.25. The lowest BCUT2D eigenvalue weighted by Crippen LogP contribution is -2.34. The van der Waals surface area contributed by atoms with Crippen LogP contribution in [0.15, 0.2) is 24.5 Å². The second-order valence-electron chi connectivity index (χ2n) is 6.33. The number of nitrogens with zero attached hydrogens (tertiary/aromatic N) is 1. The molecule has 19 heavy (non-hydrogen) atoms. The van der Waals surface area contributed by atoms with E-state index in [0.29, 0.717) is 0 Å². The summed E-state index contributed by atoms with van der Waals surface area (Å²) in [7, 11) is 0. The molecule has 1 aromatic rings. The van der Waals surface area contributed by atoms with Gasteiger partial charge in [0.05, 0.1) is 6.61 Å². The third-order valence-corrected chi connectivity index (χ3v) is 3.44. The fourth-order valence-corrected chi connectivity index (χ4v) is 2.04. The van der Waals surface area contributed by atoms with Gasteiger partial charge >= 0.3 is 0 Å². The van der Waals surface area contributed by atoms with Gasteiger partial charge in [0.15, 0.2) is 0 Å². The van der Waals surface area contributed by atoms with Gasteiger partial charge in [0.25, 0.3) is 0 Å². The van der Waals surface area contributed by atoms with E-state index in [-0.39, 0.29) is 5.41 Å². The van der Waals surface area contributed by atoms with Gasteiger partial charge in [0.1, 0.15) is 0 Å². The molecule has 0 spiro atoms. The Morgan fingerprint density at radius 3 is 2.74 bits per heavy atom. The Hall–Kier alpha value is -0.930. The monoisotopic (exact) mass is 262 g/mol. The molecular weight excluding hydrogens is 236 g/mol. The van der Waals surface area contributed by atoms with Gasteiger partial charge in [-0.2, -0.15) is 0 Å². The van der Waals surface area contributed by atoms with Gasteiger partial charge in [-0.3, -0.25) is 4.98 Å². The van der Waals surface area contributed by atoms with Crippen LogP contribution in [0.3, 0.4) is 0 Å². The average Bonchev–Trinajstić information content (AvgIpc) is 3.21. The zero-order valence-electron chi connectivity index (χ0n) is 12.2. The summed E-state index contributed by atoms with van der Waals surface area (Å²) in [6.07, 6.45) is 8.55. The molecule has 0 amide bonds. The molecule has 1 aromatic heterocycles. The smallest absolute Gasteiger partial charge is 0.0529 e. The SMILES string of the molecule is CC(C)(CNC1CC1)COCCCc1ccncc1. The van der Waals surface area contributed by atoms with Crippen molar-refractivity contribution in [3.63, 3.8) is 0 Å². The van der Waals surface area contributed by atoms with E-state index in [1.807, 2.05) is 12.4 Å². The molecule has 1 aliphatic rings. The van der Waals surface area contributed by atoms with Crippen LogP contribution in [-0.2, 0) is 11.2 Å². The minimum absolute atomic E-state index is 0.235. The lowest BCUT2D eigenvalue weighted by molar-refractivity contribution is 0.0606. The first-order chi connectivity index (χ1) is 9.16. The van der Waals surface area contributed by atoms with Gasteiger partial charge < -0.3 is 10.1 Å². The number of aromatic nitrogens is 1. The summed E-state index contributed by atoms with van der Waals surface area (Å²) in [5.41, 5.74) is 1.58. The van der Waals surface area contributed by atoms with Crippen molar-refractivity contribution in [2.24, 2.45) is 5.41 Å². The zero-order chi connectivity index (χ0) is 13.6. The van der Waals surface area contributed by atoms with E-state index in [4.69, 9.17) is 4.74 Å². The van der Waals surface area contributed by atoms with Crippen LogP contribution < -0.4 is 5.32 Å². The maximum atomic E-state index is 5.82. The largest absolute Gasteiger partial charge is 0.381 e. The van der Waals surface area contributed by atoms with Gasteiger partial charge in [0, 0.05) is 37.0 Å². The summed E-state index contributed by atoms with van der Waals surface area (Å²) in [6.45, 7) is 7.27. The Bertz CT molecular complexity index is 360. The number of ether oxygens (including phenoxy) is 1. The second kappa shape index (κ2) is 7.01. The van der Waals surface area contributed by atoms with E-state index in [0.717, 1.165) is 38.6 Å². The third kappa shape index (κ3) is 6.17. The van der Waals surface area contributed by atoms with E-state index < -0.39 is 0 Å². The Kier molecular flexibility index (Phi) is 5.34. The third-order valence-electron chi connectivity index (χ3n) is 3.44. The van der Waals surface area contributed by atoms with Crippen LogP contribution in [0.25, 0.3) is 0 Å². The zero-order valence-corrected chi connectivity index (χ0v) is 12.2. The normalized spacial score (nSPS) is 15.7. The van der Waals surface area contributed by atoms with Crippen LogP contribution in [0.1, 0.15) is 38.7 Å². The van der Waals surface area contributed by atoms with Gasteiger partial charge in [-0.1, -0.05) is 13.8 Å². The van der Waals surface area contributed by atoms with Crippen molar-refractivity contribution >= 4 is 0 Å². The maximum absolute atomic E-state index is 5.82. The van der Waals surface area contributed by atoms with Crippen LogP contribution in [-0.4, -0.2) is 30.8 Å². The molecule has 3 nitrogen and oxygen atoms in total. The van der Waals surface area contributed by atoms with Crippen molar-refractivity contribution in [3.05, 3.63) is 30.1 Å². The minimum Gasteiger partial charge on any atom is -0.381 e. The fourth-order valence-electron chi connectivity index (χ4n) is 2.04. The number of hydrogen-bond donors (Lipinski definition) is 1. The molecule has 0 radical (unpaired) electrons. The molecule has 0 aliphatic heterocycles.